The fourth-order valence-electron chi connectivity index (χ4n) is 2.62. The van der Waals surface area contributed by atoms with Crippen LogP contribution >= 0.6 is 12.4 Å². The summed E-state index contributed by atoms with van der Waals surface area (Å²) in [6.45, 7) is 7.51. The Hall–Kier alpha value is -0.280. The van der Waals surface area contributed by atoms with Gasteiger partial charge in [-0.3, -0.25) is 4.79 Å². The molecule has 0 aromatic carbocycles. The Balaban J connectivity index is 0.00000144. The molecule has 1 atom stereocenters. The Morgan fingerprint density at radius 1 is 1.24 bits per heavy atom. The quantitative estimate of drug-likeness (QED) is 0.784. The van der Waals surface area contributed by atoms with Gasteiger partial charge in [0.2, 0.25) is 5.91 Å². The van der Waals surface area contributed by atoms with Gasteiger partial charge in [-0.05, 0) is 37.6 Å². The molecule has 0 aliphatic carbocycles. The fraction of sp³-hybridized carbons (Fsp3) is 0.923. The summed E-state index contributed by atoms with van der Waals surface area (Å²) in [6.07, 6.45) is 5.73. The van der Waals surface area contributed by atoms with E-state index in [1.807, 2.05) is 0 Å². The molecule has 1 N–H and O–H groups in total. The molecule has 1 amide bonds. The minimum atomic E-state index is 0. The molecule has 3 nitrogen and oxygen atoms in total. The molecule has 0 aromatic rings. The van der Waals surface area contributed by atoms with Gasteiger partial charge in [-0.2, -0.15) is 0 Å². The normalized spacial score (nSPS) is 28.4. The zero-order chi connectivity index (χ0) is 11.6. The van der Waals surface area contributed by atoms with Gasteiger partial charge in [0.05, 0.1) is 6.04 Å². The van der Waals surface area contributed by atoms with Crippen LogP contribution in [-0.2, 0) is 4.79 Å². The van der Waals surface area contributed by atoms with Gasteiger partial charge < -0.3 is 10.2 Å². The van der Waals surface area contributed by atoms with E-state index < -0.39 is 0 Å². The van der Waals surface area contributed by atoms with Crippen LogP contribution in [0.2, 0.25) is 0 Å². The van der Waals surface area contributed by atoms with Gasteiger partial charge in [-0.15, -0.1) is 12.4 Å². The zero-order valence-electron chi connectivity index (χ0n) is 11.0. The van der Waals surface area contributed by atoms with Gasteiger partial charge in [0.1, 0.15) is 0 Å². The van der Waals surface area contributed by atoms with Crippen LogP contribution < -0.4 is 5.32 Å². The number of piperidine rings is 2. The minimum Gasteiger partial charge on any atom is -0.341 e. The molecule has 0 spiro atoms. The molecule has 0 radical (unpaired) electrons. The lowest BCUT2D eigenvalue weighted by molar-refractivity contribution is -0.136. The maximum Gasteiger partial charge on any atom is 0.239 e. The molecule has 2 aliphatic rings. The summed E-state index contributed by atoms with van der Waals surface area (Å²) in [5.41, 5.74) is 0.427. The number of hydrogen-bond acceptors (Lipinski definition) is 2. The lowest BCUT2D eigenvalue weighted by atomic mass is 9.82. The van der Waals surface area contributed by atoms with Crippen molar-refractivity contribution in [2.45, 2.75) is 52.0 Å². The van der Waals surface area contributed by atoms with Crippen LogP contribution in [0.1, 0.15) is 46.0 Å². The highest BCUT2D eigenvalue weighted by atomic mass is 35.5. The standard InChI is InChI=1S/C13H24N2O.ClH/c1-13(2)6-9-15(10-7-13)12(16)11-5-3-4-8-14-11;/h11,14H,3-10H2,1-2H3;1H/t11-;/m0./s1. The summed E-state index contributed by atoms with van der Waals surface area (Å²) in [5.74, 6) is 0.343. The van der Waals surface area contributed by atoms with E-state index in [9.17, 15) is 4.79 Å². The van der Waals surface area contributed by atoms with E-state index in [1.165, 1.54) is 12.8 Å². The van der Waals surface area contributed by atoms with Gasteiger partial charge in [0.15, 0.2) is 0 Å². The number of rotatable bonds is 1. The third-order valence-corrected chi connectivity index (χ3v) is 4.04. The van der Waals surface area contributed by atoms with Crippen LogP contribution in [-0.4, -0.2) is 36.5 Å². The van der Waals surface area contributed by atoms with Gasteiger partial charge in [0, 0.05) is 13.1 Å². The molecule has 0 aromatic heterocycles. The van der Waals surface area contributed by atoms with E-state index in [2.05, 4.69) is 24.1 Å². The van der Waals surface area contributed by atoms with Crippen LogP contribution in [0.3, 0.4) is 0 Å². The minimum absolute atomic E-state index is 0. The Morgan fingerprint density at radius 3 is 2.41 bits per heavy atom. The third-order valence-electron chi connectivity index (χ3n) is 4.04. The van der Waals surface area contributed by atoms with E-state index >= 15 is 0 Å². The van der Waals surface area contributed by atoms with Gasteiger partial charge in [-0.1, -0.05) is 20.3 Å². The third kappa shape index (κ3) is 3.85. The summed E-state index contributed by atoms with van der Waals surface area (Å²) in [7, 11) is 0. The first-order valence-corrected chi connectivity index (χ1v) is 6.61. The monoisotopic (exact) mass is 260 g/mol. The molecule has 2 aliphatic heterocycles. The molecular weight excluding hydrogens is 236 g/mol. The summed E-state index contributed by atoms with van der Waals surface area (Å²) < 4.78 is 0. The molecule has 0 saturated carbocycles. The molecule has 2 heterocycles. The van der Waals surface area contributed by atoms with Crippen molar-refractivity contribution in [3.05, 3.63) is 0 Å². The summed E-state index contributed by atoms with van der Waals surface area (Å²) in [5, 5.41) is 3.35. The predicted molar refractivity (Wildman–Crippen MR) is 72.5 cm³/mol. The smallest absolute Gasteiger partial charge is 0.239 e. The lowest BCUT2D eigenvalue weighted by Crippen LogP contribution is -2.51. The van der Waals surface area contributed by atoms with Crippen LogP contribution in [0.15, 0.2) is 0 Å². The second-order valence-corrected chi connectivity index (χ2v) is 5.99. The number of hydrogen-bond donors (Lipinski definition) is 1. The first kappa shape index (κ1) is 14.8. The van der Waals surface area contributed by atoms with Gasteiger partial charge >= 0.3 is 0 Å². The number of carbonyl (C=O) groups is 1. The second-order valence-electron chi connectivity index (χ2n) is 5.99. The Kier molecular flexibility index (Phi) is 5.26. The molecule has 17 heavy (non-hydrogen) atoms. The maximum absolute atomic E-state index is 12.2. The van der Waals surface area contributed by atoms with Gasteiger partial charge in [-0.25, -0.2) is 0 Å². The highest BCUT2D eigenvalue weighted by molar-refractivity contribution is 5.85. The molecule has 0 unspecified atom stereocenters. The second kappa shape index (κ2) is 6.05. The number of likely N-dealkylation sites (tertiary alicyclic amines) is 1. The number of carbonyl (C=O) groups excluding carboxylic acids is 1. The average Bonchev–Trinajstić information content (AvgIpc) is 2.29. The van der Waals surface area contributed by atoms with E-state index in [0.29, 0.717) is 11.3 Å². The summed E-state index contributed by atoms with van der Waals surface area (Å²) in [6, 6.07) is 0.106. The first-order chi connectivity index (χ1) is 7.58. The Morgan fingerprint density at radius 2 is 1.88 bits per heavy atom. The number of halogens is 1. The Bertz CT molecular complexity index is 252. The molecular formula is C13H25ClN2O. The van der Waals surface area contributed by atoms with Crippen LogP contribution in [0, 0.1) is 5.41 Å². The lowest BCUT2D eigenvalue weighted by Gasteiger charge is -2.39. The average molecular weight is 261 g/mol. The van der Waals surface area contributed by atoms with Crippen molar-refractivity contribution in [1.29, 1.82) is 0 Å². The van der Waals surface area contributed by atoms with Crippen molar-refractivity contribution >= 4 is 18.3 Å². The van der Waals surface area contributed by atoms with Crippen LogP contribution in [0.5, 0.6) is 0 Å². The van der Waals surface area contributed by atoms with E-state index in [-0.39, 0.29) is 18.4 Å². The molecule has 2 rings (SSSR count). The number of nitrogens with zero attached hydrogens (tertiary/aromatic N) is 1. The van der Waals surface area contributed by atoms with Crippen molar-refractivity contribution in [3.63, 3.8) is 0 Å². The largest absolute Gasteiger partial charge is 0.341 e. The molecule has 2 fully saturated rings. The van der Waals surface area contributed by atoms with E-state index in [0.717, 1.165) is 38.9 Å². The number of nitrogens with one attached hydrogen (secondary N) is 1. The molecule has 100 valence electrons. The van der Waals surface area contributed by atoms with E-state index in [1.54, 1.807) is 0 Å². The molecule has 2 saturated heterocycles. The van der Waals surface area contributed by atoms with Crippen molar-refractivity contribution in [2.75, 3.05) is 19.6 Å². The Labute approximate surface area is 111 Å². The highest BCUT2D eigenvalue weighted by Gasteiger charge is 2.31. The topological polar surface area (TPSA) is 32.3 Å². The van der Waals surface area contributed by atoms with E-state index in [4.69, 9.17) is 0 Å². The van der Waals surface area contributed by atoms with Crippen molar-refractivity contribution in [3.8, 4) is 0 Å². The van der Waals surface area contributed by atoms with Crippen LogP contribution in [0.25, 0.3) is 0 Å². The molecule has 4 heteroatoms. The maximum atomic E-state index is 12.2. The number of amides is 1. The summed E-state index contributed by atoms with van der Waals surface area (Å²) >= 11 is 0. The predicted octanol–water partition coefficient (Wildman–Crippen LogP) is 2.20. The zero-order valence-corrected chi connectivity index (χ0v) is 11.8. The van der Waals surface area contributed by atoms with Gasteiger partial charge in [0.25, 0.3) is 0 Å². The first-order valence-electron chi connectivity index (χ1n) is 6.61. The van der Waals surface area contributed by atoms with Crippen LogP contribution in [0.4, 0.5) is 0 Å². The highest BCUT2D eigenvalue weighted by Crippen LogP contribution is 2.30. The molecule has 0 bridgehead atoms. The van der Waals surface area contributed by atoms with Crippen molar-refractivity contribution in [1.82, 2.24) is 10.2 Å². The van der Waals surface area contributed by atoms with Crippen molar-refractivity contribution in [2.24, 2.45) is 5.41 Å². The SMILES string of the molecule is CC1(C)CCN(C(=O)[C@@H]2CCCCN2)CC1.Cl. The van der Waals surface area contributed by atoms with Crippen molar-refractivity contribution < 1.29 is 4.79 Å². The summed E-state index contributed by atoms with van der Waals surface area (Å²) in [4.78, 5) is 14.3. The fourth-order valence-corrected chi connectivity index (χ4v) is 2.62.